The lowest BCUT2D eigenvalue weighted by atomic mass is 9.74. The van der Waals surface area contributed by atoms with E-state index in [2.05, 4.69) is 36.2 Å². The van der Waals surface area contributed by atoms with Gasteiger partial charge in [0.15, 0.2) is 0 Å². The molecule has 1 saturated carbocycles. The van der Waals surface area contributed by atoms with Crippen LogP contribution in [0.25, 0.3) is 0 Å². The fourth-order valence-corrected chi connectivity index (χ4v) is 3.58. The molecule has 0 amide bonds. The molecule has 1 heterocycles. The third-order valence-electron chi connectivity index (χ3n) is 4.70. The van der Waals surface area contributed by atoms with E-state index in [0.717, 1.165) is 25.2 Å². The third kappa shape index (κ3) is 2.06. The minimum absolute atomic E-state index is 0.167. The van der Waals surface area contributed by atoms with Gasteiger partial charge in [-0.3, -0.25) is 0 Å². The summed E-state index contributed by atoms with van der Waals surface area (Å²) in [5.41, 5.74) is 1.08. The Bertz CT molecular complexity index is 555. The highest BCUT2D eigenvalue weighted by Gasteiger charge is 2.44. The fourth-order valence-electron chi connectivity index (χ4n) is 3.58. The van der Waals surface area contributed by atoms with Gasteiger partial charge in [-0.25, -0.2) is 4.98 Å². The maximum Gasteiger partial charge on any atom is 0.138 e. The first kappa shape index (κ1) is 13.4. The second kappa shape index (κ2) is 5.41. The predicted octanol–water partition coefficient (Wildman–Crippen LogP) is 3.45. The molecule has 0 spiro atoms. The molecule has 3 heteroatoms. The standard InChI is InChI=1S/C17H22N2O/c1-2-19-13-12-18-16(19)15(20)17(10-6-7-11-17)14-8-4-3-5-9-14/h3-5,8-9,12-13,15,20H,2,6-7,10-11H2,1H3. The van der Waals surface area contributed by atoms with Gasteiger partial charge in [-0.1, -0.05) is 43.2 Å². The first-order chi connectivity index (χ1) is 9.78. The molecular weight excluding hydrogens is 248 g/mol. The van der Waals surface area contributed by atoms with E-state index in [0.29, 0.717) is 0 Å². The minimum Gasteiger partial charge on any atom is -0.384 e. The van der Waals surface area contributed by atoms with Crippen LogP contribution < -0.4 is 0 Å². The fraction of sp³-hybridized carbons (Fsp3) is 0.471. The van der Waals surface area contributed by atoms with E-state index in [4.69, 9.17) is 0 Å². The van der Waals surface area contributed by atoms with Gasteiger partial charge in [0.2, 0.25) is 0 Å². The van der Waals surface area contributed by atoms with E-state index < -0.39 is 6.10 Å². The lowest BCUT2D eigenvalue weighted by Crippen LogP contribution is -2.32. The summed E-state index contributed by atoms with van der Waals surface area (Å²) in [6.07, 6.45) is 7.64. The van der Waals surface area contributed by atoms with Crippen molar-refractivity contribution in [2.75, 3.05) is 0 Å². The van der Waals surface area contributed by atoms with Crippen LogP contribution in [-0.4, -0.2) is 14.7 Å². The summed E-state index contributed by atoms with van der Waals surface area (Å²) in [5.74, 6) is 0.804. The lowest BCUT2D eigenvalue weighted by molar-refractivity contribution is 0.0710. The van der Waals surface area contributed by atoms with Gasteiger partial charge in [-0.15, -0.1) is 0 Å². The molecule has 1 atom stereocenters. The van der Waals surface area contributed by atoms with Gasteiger partial charge in [0, 0.05) is 24.4 Å². The molecule has 1 aromatic carbocycles. The number of imidazole rings is 1. The predicted molar refractivity (Wildman–Crippen MR) is 79.4 cm³/mol. The monoisotopic (exact) mass is 270 g/mol. The molecule has 1 aromatic heterocycles. The molecule has 2 aromatic rings. The van der Waals surface area contributed by atoms with Gasteiger partial charge in [-0.05, 0) is 25.3 Å². The zero-order chi connectivity index (χ0) is 14.0. The molecule has 1 fully saturated rings. The van der Waals surface area contributed by atoms with Crippen molar-refractivity contribution in [2.45, 2.75) is 50.7 Å². The van der Waals surface area contributed by atoms with Crippen LogP contribution in [0.3, 0.4) is 0 Å². The topological polar surface area (TPSA) is 38.0 Å². The zero-order valence-corrected chi connectivity index (χ0v) is 12.0. The number of nitrogens with zero attached hydrogens (tertiary/aromatic N) is 2. The third-order valence-corrected chi connectivity index (χ3v) is 4.70. The number of aliphatic hydroxyl groups excluding tert-OH is 1. The SMILES string of the molecule is CCn1ccnc1C(O)C1(c2ccccc2)CCCC1. The van der Waals surface area contributed by atoms with E-state index in [1.807, 2.05) is 16.8 Å². The molecule has 1 aliphatic carbocycles. The van der Waals surface area contributed by atoms with Crippen LogP contribution in [-0.2, 0) is 12.0 Å². The summed E-state index contributed by atoms with van der Waals surface area (Å²) < 4.78 is 2.05. The molecule has 3 rings (SSSR count). The van der Waals surface area contributed by atoms with Crippen LogP contribution in [0.2, 0.25) is 0 Å². The normalized spacial score (nSPS) is 19.1. The van der Waals surface area contributed by atoms with Crippen molar-refractivity contribution in [3.63, 3.8) is 0 Å². The van der Waals surface area contributed by atoms with Gasteiger partial charge in [0.25, 0.3) is 0 Å². The van der Waals surface area contributed by atoms with Crippen molar-refractivity contribution < 1.29 is 5.11 Å². The van der Waals surface area contributed by atoms with Crippen molar-refractivity contribution in [1.82, 2.24) is 9.55 Å². The average molecular weight is 270 g/mol. The van der Waals surface area contributed by atoms with Crippen molar-refractivity contribution in [3.8, 4) is 0 Å². The molecule has 0 radical (unpaired) electrons. The van der Waals surface area contributed by atoms with E-state index in [1.165, 1.54) is 18.4 Å². The zero-order valence-electron chi connectivity index (χ0n) is 12.0. The Kier molecular flexibility index (Phi) is 3.62. The van der Waals surface area contributed by atoms with Crippen LogP contribution >= 0.6 is 0 Å². The second-order valence-corrected chi connectivity index (χ2v) is 5.70. The summed E-state index contributed by atoms with van der Waals surface area (Å²) >= 11 is 0. The molecule has 1 unspecified atom stereocenters. The Labute approximate surface area is 120 Å². The van der Waals surface area contributed by atoms with Gasteiger partial charge >= 0.3 is 0 Å². The van der Waals surface area contributed by atoms with Crippen LogP contribution in [0.1, 0.15) is 50.1 Å². The molecule has 20 heavy (non-hydrogen) atoms. The summed E-state index contributed by atoms with van der Waals surface area (Å²) in [5, 5.41) is 11.0. The molecule has 0 aliphatic heterocycles. The number of rotatable bonds is 4. The number of hydrogen-bond donors (Lipinski definition) is 1. The number of aliphatic hydroxyl groups is 1. The van der Waals surface area contributed by atoms with E-state index in [9.17, 15) is 5.11 Å². The Morgan fingerprint density at radius 1 is 1.25 bits per heavy atom. The van der Waals surface area contributed by atoms with E-state index in [-0.39, 0.29) is 5.41 Å². The molecule has 1 N–H and O–H groups in total. The van der Waals surface area contributed by atoms with Crippen molar-refractivity contribution in [2.24, 2.45) is 0 Å². The molecule has 0 saturated heterocycles. The highest BCUT2D eigenvalue weighted by molar-refractivity contribution is 5.30. The van der Waals surface area contributed by atoms with Crippen molar-refractivity contribution in [1.29, 1.82) is 0 Å². The molecule has 3 nitrogen and oxygen atoms in total. The first-order valence-corrected chi connectivity index (χ1v) is 7.52. The smallest absolute Gasteiger partial charge is 0.138 e. The highest BCUT2D eigenvalue weighted by atomic mass is 16.3. The van der Waals surface area contributed by atoms with Gasteiger partial charge in [0.05, 0.1) is 0 Å². The van der Waals surface area contributed by atoms with Crippen molar-refractivity contribution in [3.05, 3.63) is 54.1 Å². The van der Waals surface area contributed by atoms with Gasteiger partial charge < -0.3 is 9.67 Å². The highest BCUT2D eigenvalue weighted by Crippen LogP contribution is 2.49. The summed E-state index contributed by atoms with van der Waals surface area (Å²) in [6.45, 7) is 2.93. The van der Waals surface area contributed by atoms with Crippen LogP contribution in [0, 0.1) is 0 Å². The van der Waals surface area contributed by atoms with Crippen LogP contribution in [0.5, 0.6) is 0 Å². The number of hydrogen-bond acceptors (Lipinski definition) is 2. The second-order valence-electron chi connectivity index (χ2n) is 5.70. The minimum atomic E-state index is -0.526. The maximum atomic E-state index is 11.0. The molecule has 106 valence electrons. The molecular formula is C17H22N2O. The van der Waals surface area contributed by atoms with E-state index >= 15 is 0 Å². The van der Waals surface area contributed by atoms with Crippen LogP contribution in [0.4, 0.5) is 0 Å². The lowest BCUT2D eigenvalue weighted by Gasteiger charge is -2.34. The maximum absolute atomic E-state index is 11.0. The Balaban J connectivity index is 2.03. The Hall–Kier alpha value is -1.61. The first-order valence-electron chi connectivity index (χ1n) is 7.52. The molecule has 0 bridgehead atoms. The van der Waals surface area contributed by atoms with Gasteiger partial charge in [0.1, 0.15) is 11.9 Å². The Morgan fingerprint density at radius 3 is 2.60 bits per heavy atom. The quantitative estimate of drug-likeness (QED) is 0.924. The van der Waals surface area contributed by atoms with Crippen molar-refractivity contribution >= 4 is 0 Å². The molecule has 1 aliphatic rings. The number of aryl methyl sites for hydroxylation is 1. The summed E-state index contributed by atoms with van der Waals surface area (Å²) in [6, 6.07) is 10.5. The number of aromatic nitrogens is 2. The summed E-state index contributed by atoms with van der Waals surface area (Å²) in [4.78, 5) is 4.42. The van der Waals surface area contributed by atoms with Crippen LogP contribution in [0.15, 0.2) is 42.7 Å². The average Bonchev–Trinajstić information content (AvgIpc) is 3.17. The Morgan fingerprint density at radius 2 is 1.95 bits per heavy atom. The van der Waals surface area contributed by atoms with Gasteiger partial charge in [-0.2, -0.15) is 0 Å². The van der Waals surface area contributed by atoms with E-state index in [1.54, 1.807) is 6.20 Å². The number of benzene rings is 1. The summed E-state index contributed by atoms with van der Waals surface area (Å²) in [7, 11) is 0. The largest absolute Gasteiger partial charge is 0.384 e.